The van der Waals surface area contributed by atoms with E-state index in [1.165, 1.54) is 0 Å². The Hall–Kier alpha value is -2.10. The van der Waals surface area contributed by atoms with Crippen molar-refractivity contribution in [1.82, 2.24) is 10.6 Å². The second kappa shape index (κ2) is 8.08. The van der Waals surface area contributed by atoms with E-state index in [1.807, 2.05) is 6.07 Å². The summed E-state index contributed by atoms with van der Waals surface area (Å²) >= 11 is 0. The molecule has 19 heavy (non-hydrogen) atoms. The van der Waals surface area contributed by atoms with Crippen LogP contribution in [0.3, 0.4) is 0 Å². The Bertz CT molecular complexity index is 457. The molecule has 0 radical (unpaired) electrons. The fraction of sp³-hybridized carbons (Fsp3) is 0.385. The zero-order valence-electron chi connectivity index (χ0n) is 10.7. The average Bonchev–Trinajstić information content (AvgIpc) is 2.45. The summed E-state index contributed by atoms with van der Waals surface area (Å²) in [6, 6.07) is 8.82. The van der Waals surface area contributed by atoms with Crippen LogP contribution in [0.1, 0.15) is 5.56 Å². The van der Waals surface area contributed by atoms with Gasteiger partial charge in [0, 0.05) is 13.6 Å². The van der Waals surface area contributed by atoms with E-state index in [0.717, 1.165) is 0 Å². The number of aliphatic hydroxyl groups excluding tert-OH is 1. The Labute approximate surface area is 112 Å². The molecule has 6 nitrogen and oxygen atoms in total. The molecule has 0 heterocycles. The molecule has 0 fully saturated rings. The van der Waals surface area contributed by atoms with E-state index in [2.05, 4.69) is 10.6 Å². The van der Waals surface area contributed by atoms with Crippen molar-refractivity contribution in [3.63, 3.8) is 0 Å². The maximum absolute atomic E-state index is 10.9. The normalized spacial score (nSPS) is 11.4. The van der Waals surface area contributed by atoms with E-state index in [-0.39, 0.29) is 25.6 Å². The summed E-state index contributed by atoms with van der Waals surface area (Å²) in [5.41, 5.74) is 0.424. The van der Waals surface area contributed by atoms with Gasteiger partial charge >= 0.3 is 0 Å². The number of nitriles is 1. The van der Waals surface area contributed by atoms with Gasteiger partial charge in [0.2, 0.25) is 5.91 Å². The van der Waals surface area contributed by atoms with E-state index in [1.54, 1.807) is 31.3 Å². The highest BCUT2D eigenvalue weighted by atomic mass is 16.5. The number of benzene rings is 1. The number of hydrogen-bond donors (Lipinski definition) is 3. The number of para-hydroxylation sites is 1. The van der Waals surface area contributed by atoms with Gasteiger partial charge in [-0.15, -0.1) is 0 Å². The summed E-state index contributed by atoms with van der Waals surface area (Å²) in [7, 11) is 1.54. The van der Waals surface area contributed by atoms with Crippen LogP contribution in [0.5, 0.6) is 5.75 Å². The van der Waals surface area contributed by atoms with E-state index in [4.69, 9.17) is 10.00 Å². The highest BCUT2D eigenvalue weighted by molar-refractivity contribution is 5.77. The zero-order chi connectivity index (χ0) is 14.1. The molecule has 0 bridgehead atoms. The molecule has 6 heteroatoms. The first-order valence-electron chi connectivity index (χ1n) is 5.88. The monoisotopic (exact) mass is 263 g/mol. The number of aliphatic hydroxyl groups is 1. The summed E-state index contributed by atoms with van der Waals surface area (Å²) < 4.78 is 5.36. The van der Waals surface area contributed by atoms with Gasteiger partial charge in [0.05, 0.1) is 12.1 Å². The van der Waals surface area contributed by atoms with Crippen molar-refractivity contribution in [3.8, 4) is 11.8 Å². The number of hydrogen-bond acceptors (Lipinski definition) is 5. The van der Waals surface area contributed by atoms with Crippen molar-refractivity contribution in [2.75, 3.05) is 26.7 Å². The number of amides is 1. The average molecular weight is 263 g/mol. The maximum atomic E-state index is 10.9. The molecule has 0 aliphatic rings. The van der Waals surface area contributed by atoms with Crippen LogP contribution in [-0.2, 0) is 4.79 Å². The quantitative estimate of drug-likeness (QED) is 0.624. The third-order valence-electron chi connectivity index (χ3n) is 2.38. The van der Waals surface area contributed by atoms with Gasteiger partial charge in [-0.05, 0) is 12.1 Å². The molecule has 102 valence electrons. The molecule has 0 aliphatic carbocycles. The van der Waals surface area contributed by atoms with Crippen molar-refractivity contribution in [1.29, 1.82) is 5.26 Å². The highest BCUT2D eigenvalue weighted by Crippen LogP contribution is 2.16. The minimum atomic E-state index is -0.753. The largest absolute Gasteiger partial charge is 0.489 e. The minimum Gasteiger partial charge on any atom is -0.489 e. The summed E-state index contributed by atoms with van der Waals surface area (Å²) in [6.07, 6.45) is -0.753. The lowest BCUT2D eigenvalue weighted by Crippen LogP contribution is -2.37. The zero-order valence-corrected chi connectivity index (χ0v) is 10.7. The van der Waals surface area contributed by atoms with Crippen molar-refractivity contribution >= 4 is 5.91 Å². The fourth-order valence-electron chi connectivity index (χ4n) is 1.37. The van der Waals surface area contributed by atoms with Crippen molar-refractivity contribution in [3.05, 3.63) is 29.8 Å². The summed E-state index contributed by atoms with van der Waals surface area (Å²) in [4.78, 5) is 10.9. The van der Waals surface area contributed by atoms with Crippen molar-refractivity contribution in [2.45, 2.75) is 6.10 Å². The van der Waals surface area contributed by atoms with E-state index < -0.39 is 6.10 Å². The van der Waals surface area contributed by atoms with Gasteiger partial charge in [-0.25, -0.2) is 0 Å². The third kappa shape index (κ3) is 5.38. The molecule has 1 rings (SSSR count). The van der Waals surface area contributed by atoms with Crippen LogP contribution >= 0.6 is 0 Å². The van der Waals surface area contributed by atoms with Crippen LogP contribution in [0.2, 0.25) is 0 Å². The van der Waals surface area contributed by atoms with E-state index >= 15 is 0 Å². The van der Waals surface area contributed by atoms with Gasteiger partial charge in [0.15, 0.2) is 0 Å². The lowest BCUT2D eigenvalue weighted by atomic mass is 10.2. The topological polar surface area (TPSA) is 94.4 Å². The third-order valence-corrected chi connectivity index (χ3v) is 2.38. The Morgan fingerprint density at radius 3 is 2.95 bits per heavy atom. The van der Waals surface area contributed by atoms with E-state index in [0.29, 0.717) is 11.3 Å². The number of carbonyl (C=O) groups excluding carboxylic acids is 1. The lowest BCUT2D eigenvalue weighted by Gasteiger charge is -2.13. The SMILES string of the molecule is CNC(=O)CNCC(O)COc1ccccc1C#N. The number of carbonyl (C=O) groups is 1. The van der Waals surface area contributed by atoms with Crippen LogP contribution < -0.4 is 15.4 Å². The molecule has 1 aromatic carbocycles. The van der Waals surface area contributed by atoms with Gasteiger partial charge in [0.1, 0.15) is 24.5 Å². The highest BCUT2D eigenvalue weighted by Gasteiger charge is 2.08. The Morgan fingerprint density at radius 2 is 2.26 bits per heavy atom. The molecule has 0 saturated heterocycles. The molecule has 1 unspecified atom stereocenters. The van der Waals surface area contributed by atoms with Gasteiger partial charge < -0.3 is 20.5 Å². The smallest absolute Gasteiger partial charge is 0.233 e. The predicted molar refractivity (Wildman–Crippen MR) is 69.6 cm³/mol. The molecule has 0 aliphatic heterocycles. The molecular formula is C13H17N3O3. The molecule has 0 spiro atoms. The summed E-state index contributed by atoms with van der Waals surface area (Å²) in [6.45, 7) is 0.434. The first kappa shape index (κ1) is 15.0. The van der Waals surface area contributed by atoms with Crippen LogP contribution in [0.15, 0.2) is 24.3 Å². The van der Waals surface area contributed by atoms with Crippen molar-refractivity contribution < 1.29 is 14.6 Å². The first-order chi connectivity index (χ1) is 9.17. The van der Waals surface area contributed by atoms with Gasteiger partial charge in [-0.3, -0.25) is 4.79 Å². The van der Waals surface area contributed by atoms with Crippen molar-refractivity contribution in [2.24, 2.45) is 0 Å². The Morgan fingerprint density at radius 1 is 1.53 bits per heavy atom. The second-order valence-electron chi connectivity index (χ2n) is 3.88. The Balaban J connectivity index is 2.32. The molecular weight excluding hydrogens is 246 g/mol. The number of nitrogens with one attached hydrogen (secondary N) is 2. The van der Waals surface area contributed by atoms with Gasteiger partial charge in [-0.1, -0.05) is 12.1 Å². The Kier molecular flexibility index (Phi) is 6.36. The maximum Gasteiger partial charge on any atom is 0.233 e. The molecule has 0 aromatic heterocycles. The van der Waals surface area contributed by atoms with E-state index in [9.17, 15) is 9.90 Å². The summed E-state index contributed by atoms with van der Waals surface area (Å²) in [5.74, 6) is 0.290. The number of rotatable bonds is 7. The number of likely N-dealkylation sites (N-methyl/N-ethyl adjacent to an activating group) is 1. The van der Waals surface area contributed by atoms with Gasteiger partial charge in [-0.2, -0.15) is 5.26 Å². The predicted octanol–water partition coefficient (Wildman–Crippen LogP) is -0.366. The molecule has 1 atom stereocenters. The molecule has 1 aromatic rings. The number of ether oxygens (including phenoxy) is 1. The minimum absolute atomic E-state index is 0.0550. The molecule has 3 N–H and O–H groups in total. The lowest BCUT2D eigenvalue weighted by molar-refractivity contribution is -0.119. The summed E-state index contributed by atoms with van der Waals surface area (Å²) in [5, 5.41) is 23.8. The molecule has 1 amide bonds. The van der Waals surface area contributed by atoms with Crippen LogP contribution in [0.25, 0.3) is 0 Å². The first-order valence-corrected chi connectivity index (χ1v) is 5.88. The fourth-order valence-corrected chi connectivity index (χ4v) is 1.37. The van der Waals surface area contributed by atoms with Crippen LogP contribution in [0.4, 0.5) is 0 Å². The van der Waals surface area contributed by atoms with Crippen LogP contribution in [-0.4, -0.2) is 43.9 Å². The van der Waals surface area contributed by atoms with Gasteiger partial charge in [0.25, 0.3) is 0 Å². The second-order valence-corrected chi connectivity index (χ2v) is 3.88. The number of nitrogens with zero attached hydrogens (tertiary/aromatic N) is 1. The van der Waals surface area contributed by atoms with Crippen LogP contribution in [0, 0.1) is 11.3 Å². The molecule has 0 saturated carbocycles. The standard InChI is InChI=1S/C13H17N3O3/c1-15-13(18)8-16-7-11(17)9-19-12-5-3-2-4-10(12)6-14/h2-5,11,16-17H,7-9H2,1H3,(H,15,18).